The highest BCUT2D eigenvalue weighted by Gasteiger charge is 2.15. The number of hydrogen-bond donors (Lipinski definition) is 1. The lowest BCUT2D eigenvalue weighted by Gasteiger charge is -2.11. The van der Waals surface area contributed by atoms with Gasteiger partial charge in [0, 0.05) is 0 Å². The van der Waals surface area contributed by atoms with E-state index in [1.165, 1.54) is 0 Å². The molecule has 2 aromatic carbocycles. The van der Waals surface area contributed by atoms with Gasteiger partial charge in [0.25, 0.3) is 10.0 Å². The van der Waals surface area contributed by atoms with Crippen LogP contribution in [-0.4, -0.2) is 23.4 Å². The second-order valence-electron chi connectivity index (χ2n) is 5.93. The van der Waals surface area contributed by atoms with Gasteiger partial charge in [-0.15, -0.1) is 5.10 Å². The van der Waals surface area contributed by atoms with Crippen molar-refractivity contribution in [1.29, 1.82) is 0 Å². The van der Waals surface area contributed by atoms with Gasteiger partial charge in [0.2, 0.25) is 0 Å². The van der Waals surface area contributed by atoms with Gasteiger partial charge in [-0.2, -0.15) is 0 Å². The Morgan fingerprint density at radius 2 is 1.80 bits per heavy atom. The first kappa shape index (κ1) is 17.2. The maximum absolute atomic E-state index is 12.6. The Bertz CT molecular complexity index is 992. The van der Waals surface area contributed by atoms with Crippen molar-refractivity contribution in [1.82, 2.24) is 15.0 Å². The minimum Gasteiger partial charge on any atom is -0.280 e. The number of aryl methyl sites for hydroxylation is 3. The molecule has 0 aliphatic heterocycles. The molecule has 0 aliphatic rings. The fraction of sp³-hybridized carbons (Fsp3) is 0.222. The summed E-state index contributed by atoms with van der Waals surface area (Å²) in [6, 6.07) is 12.1. The van der Waals surface area contributed by atoms with Crippen molar-refractivity contribution < 1.29 is 8.42 Å². The van der Waals surface area contributed by atoms with Gasteiger partial charge in [-0.25, -0.2) is 13.1 Å². The van der Waals surface area contributed by atoms with Gasteiger partial charge < -0.3 is 0 Å². The van der Waals surface area contributed by atoms with E-state index in [4.69, 9.17) is 0 Å². The number of anilines is 1. The van der Waals surface area contributed by atoms with Gasteiger partial charge in [-0.1, -0.05) is 35.9 Å². The Morgan fingerprint density at radius 3 is 2.44 bits per heavy atom. The van der Waals surface area contributed by atoms with Crippen LogP contribution in [0, 0.1) is 13.8 Å². The summed E-state index contributed by atoms with van der Waals surface area (Å²) in [6.07, 6.45) is 2.64. The minimum absolute atomic E-state index is 0.231. The van der Waals surface area contributed by atoms with Crippen molar-refractivity contribution in [3.8, 4) is 5.69 Å². The number of aromatic nitrogens is 3. The molecule has 0 bridgehead atoms. The van der Waals surface area contributed by atoms with Crippen LogP contribution in [-0.2, 0) is 16.4 Å². The van der Waals surface area contributed by atoms with E-state index >= 15 is 0 Å². The maximum atomic E-state index is 12.6. The summed E-state index contributed by atoms with van der Waals surface area (Å²) in [7, 11) is -3.64. The molecule has 25 heavy (non-hydrogen) atoms. The largest absolute Gasteiger partial charge is 0.280 e. The molecule has 0 atom stereocenters. The van der Waals surface area contributed by atoms with Crippen LogP contribution in [0.1, 0.15) is 23.7 Å². The second-order valence-corrected chi connectivity index (χ2v) is 7.61. The molecule has 0 fully saturated rings. The summed E-state index contributed by atoms with van der Waals surface area (Å²) in [5, 5.41) is 8.20. The minimum atomic E-state index is -3.64. The number of hydrogen-bond acceptors (Lipinski definition) is 4. The fourth-order valence-corrected chi connectivity index (χ4v) is 3.48. The van der Waals surface area contributed by atoms with Crippen molar-refractivity contribution >= 4 is 15.7 Å². The standard InChI is InChI=1S/C18H20N4O2S/c1-4-15-12-22(21-19-15)18-11-16(8-7-14(18)3)20-25(23,24)17-9-5-13(2)6-10-17/h5-12,20H,4H2,1-3H3. The Kier molecular flexibility index (Phi) is 4.59. The second kappa shape index (κ2) is 6.68. The molecule has 0 aliphatic carbocycles. The molecule has 130 valence electrons. The molecule has 0 saturated carbocycles. The average molecular weight is 356 g/mol. The molecule has 3 aromatic rings. The van der Waals surface area contributed by atoms with Crippen LogP contribution >= 0.6 is 0 Å². The van der Waals surface area contributed by atoms with E-state index in [1.807, 2.05) is 33.0 Å². The van der Waals surface area contributed by atoms with E-state index in [0.29, 0.717) is 5.69 Å². The zero-order valence-corrected chi connectivity index (χ0v) is 15.2. The first-order valence-electron chi connectivity index (χ1n) is 8.01. The first-order valence-corrected chi connectivity index (χ1v) is 9.49. The Balaban J connectivity index is 1.93. The predicted molar refractivity (Wildman–Crippen MR) is 97.5 cm³/mol. The number of nitrogens with zero attached hydrogens (tertiary/aromatic N) is 3. The lowest BCUT2D eigenvalue weighted by atomic mass is 10.2. The molecule has 0 spiro atoms. The van der Waals surface area contributed by atoms with E-state index in [1.54, 1.807) is 41.1 Å². The summed E-state index contributed by atoms with van der Waals surface area (Å²) < 4.78 is 29.4. The summed E-state index contributed by atoms with van der Waals surface area (Å²) in [4.78, 5) is 0.231. The molecule has 3 rings (SSSR count). The van der Waals surface area contributed by atoms with E-state index in [2.05, 4.69) is 15.0 Å². The Hall–Kier alpha value is -2.67. The third kappa shape index (κ3) is 3.71. The Labute approximate surface area is 147 Å². The molecule has 0 unspecified atom stereocenters. The number of benzene rings is 2. The van der Waals surface area contributed by atoms with E-state index in [0.717, 1.165) is 28.9 Å². The highest BCUT2D eigenvalue weighted by molar-refractivity contribution is 7.92. The van der Waals surface area contributed by atoms with Crippen molar-refractivity contribution in [2.75, 3.05) is 4.72 Å². The number of nitrogens with one attached hydrogen (secondary N) is 1. The van der Waals surface area contributed by atoms with Crippen molar-refractivity contribution in [3.63, 3.8) is 0 Å². The van der Waals surface area contributed by atoms with Crippen molar-refractivity contribution in [3.05, 3.63) is 65.5 Å². The molecule has 1 heterocycles. The lowest BCUT2D eigenvalue weighted by molar-refractivity contribution is 0.601. The van der Waals surface area contributed by atoms with Gasteiger partial charge in [0.1, 0.15) is 0 Å². The number of sulfonamides is 1. The predicted octanol–water partition coefficient (Wildman–Crippen LogP) is 3.25. The molecular weight excluding hydrogens is 336 g/mol. The van der Waals surface area contributed by atoms with Gasteiger partial charge >= 0.3 is 0 Å². The molecule has 7 heteroatoms. The van der Waals surface area contributed by atoms with E-state index in [9.17, 15) is 8.42 Å². The van der Waals surface area contributed by atoms with Gasteiger partial charge in [0.15, 0.2) is 0 Å². The third-order valence-corrected chi connectivity index (χ3v) is 5.34. The van der Waals surface area contributed by atoms with Crippen LogP contribution in [0.4, 0.5) is 5.69 Å². The third-order valence-electron chi connectivity index (χ3n) is 3.94. The fourth-order valence-electron chi connectivity index (χ4n) is 2.43. The van der Waals surface area contributed by atoms with Crippen LogP contribution in [0.15, 0.2) is 53.6 Å². The van der Waals surface area contributed by atoms with Gasteiger partial charge in [-0.3, -0.25) is 4.72 Å². The highest BCUT2D eigenvalue weighted by Crippen LogP contribution is 2.22. The van der Waals surface area contributed by atoms with Crippen molar-refractivity contribution in [2.24, 2.45) is 0 Å². The number of rotatable bonds is 5. The highest BCUT2D eigenvalue weighted by atomic mass is 32.2. The van der Waals surface area contributed by atoms with Crippen LogP contribution in [0.25, 0.3) is 5.69 Å². The van der Waals surface area contributed by atoms with Crippen LogP contribution < -0.4 is 4.72 Å². The first-order chi connectivity index (χ1) is 11.9. The lowest BCUT2D eigenvalue weighted by Crippen LogP contribution is -2.13. The molecule has 1 aromatic heterocycles. The molecule has 0 saturated heterocycles. The zero-order chi connectivity index (χ0) is 18.0. The zero-order valence-electron chi connectivity index (χ0n) is 14.4. The quantitative estimate of drug-likeness (QED) is 0.761. The van der Waals surface area contributed by atoms with E-state index in [-0.39, 0.29) is 4.90 Å². The molecule has 1 N–H and O–H groups in total. The van der Waals surface area contributed by atoms with Crippen LogP contribution in [0.2, 0.25) is 0 Å². The summed E-state index contributed by atoms with van der Waals surface area (Å²) >= 11 is 0. The van der Waals surface area contributed by atoms with Crippen LogP contribution in [0.3, 0.4) is 0 Å². The topological polar surface area (TPSA) is 76.9 Å². The van der Waals surface area contributed by atoms with Gasteiger partial charge in [0.05, 0.1) is 28.2 Å². The normalized spacial score (nSPS) is 11.5. The summed E-state index contributed by atoms with van der Waals surface area (Å²) in [5.41, 5.74) is 4.14. The molecule has 0 radical (unpaired) electrons. The Morgan fingerprint density at radius 1 is 1.08 bits per heavy atom. The van der Waals surface area contributed by atoms with Crippen LogP contribution in [0.5, 0.6) is 0 Å². The smallest absolute Gasteiger partial charge is 0.261 e. The van der Waals surface area contributed by atoms with Gasteiger partial charge in [-0.05, 0) is 50.1 Å². The molecular formula is C18H20N4O2S. The van der Waals surface area contributed by atoms with E-state index < -0.39 is 10.0 Å². The molecule has 6 nitrogen and oxygen atoms in total. The molecule has 0 amide bonds. The maximum Gasteiger partial charge on any atom is 0.261 e. The SMILES string of the molecule is CCc1cn(-c2cc(NS(=O)(=O)c3ccc(C)cc3)ccc2C)nn1. The monoisotopic (exact) mass is 356 g/mol. The summed E-state index contributed by atoms with van der Waals surface area (Å²) in [6.45, 7) is 5.87. The van der Waals surface area contributed by atoms with Crippen molar-refractivity contribution in [2.45, 2.75) is 32.1 Å². The average Bonchev–Trinajstić information content (AvgIpc) is 3.06. The summed E-state index contributed by atoms with van der Waals surface area (Å²) in [5.74, 6) is 0.